The summed E-state index contributed by atoms with van der Waals surface area (Å²) in [6.07, 6.45) is 0. The second-order valence-corrected chi connectivity index (χ2v) is 6.50. The summed E-state index contributed by atoms with van der Waals surface area (Å²) in [5.41, 5.74) is 1.24. The van der Waals surface area contributed by atoms with Gasteiger partial charge in [-0.1, -0.05) is 12.1 Å². The van der Waals surface area contributed by atoms with Gasteiger partial charge in [-0.3, -0.25) is 9.80 Å². The molecule has 3 rings (SSSR count). The second kappa shape index (κ2) is 7.42. The average molecular weight is 304 g/mol. The quantitative estimate of drug-likeness (QED) is 0.852. The van der Waals surface area contributed by atoms with Crippen molar-refractivity contribution >= 4 is 0 Å². The van der Waals surface area contributed by atoms with E-state index in [1.165, 1.54) is 5.56 Å². The van der Waals surface area contributed by atoms with Gasteiger partial charge in [-0.05, 0) is 24.7 Å². The van der Waals surface area contributed by atoms with Crippen molar-refractivity contribution in [3.05, 3.63) is 29.8 Å². The zero-order chi connectivity index (χ0) is 15.4. The van der Waals surface area contributed by atoms with Gasteiger partial charge in [-0.2, -0.15) is 0 Å². The van der Waals surface area contributed by atoms with Crippen LogP contribution >= 0.6 is 0 Å². The van der Waals surface area contributed by atoms with E-state index in [0.29, 0.717) is 11.8 Å². The summed E-state index contributed by atoms with van der Waals surface area (Å²) in [5.74, 6) is 0.371. The van der Waals surface area contributed by atoms with Gasteiger partial charge in [0.1, 0.15) is 5.75 Å². The van der Waals surface area contributed by atoms with E-state index in [1.807, 2.05) is 12.1 Å². The fraction of sp³-hybridized carbons (Fsp3) is 0.647. The number of rotatable bonds is 4. The number of piperazine rings is 2. The summed E-state index contributed by atoms with van der Waals surface area (Å²) in [6.45, 7) is 9.88. The minimum Gasteiger partial charge on any atom is -0.508 e. The highest BCUT2D eigenvalue weighted by atomic mass is 16.3. The molecule has 1 aromatic rings. The van der Waals surface area contributed by atoms with Crippen LogP contribution in [0.15, 0.2) is 24.3 Å². The van der Waals surface area contributed by atoms with Gasteiger partial charge in [0.25, 0.3) is 0 Å². The molecule has 0 bridgehead atoms. The molecule has 1 atom stereocenters. The fourth-order valence-electron chi connectivity index (χ4n) is 3.43. The molecule has 1 unspecified atom stereocenters. The zero-order valence-corrected chi connectivity index (χ0v) is 13.5. The number of likely N-dealkylation sites (N-methyl/N-ethyl adjacent to an activating group) is 1. The number of hydrogen-bond donors (Lipinski definition) is 2. The lowest BCUT2D eigenvalue weighted by Crippen LogP contribution is -2.51. The van der Waals surface area contributed by atoms with Crippen molar-refractivity contribution in [2.45, 2.75) is 6.04 Å². The van der Waals surface area contributed by atoms with E-state index in [0.717, 1.165) is 58.9 Å². The Morgan fingerprint density at radius 2 is 1.82 bits per heavy atom. The molecule has 5 heteroatoms. The van der Waals surface area contributed by atoms with Crippen LogP contribution in [-0.2, 0) is 0 Å². The zero-order valence-electron chi connectivity index (χ0n) is 13.5. The Bertz CT molecular complexity index is 467. The smallest absolute Gasteiger partial charge is 0.115 e. The van der Waals surface area contributed by atoms with Crippen LogP contribution in [0.3, 0.4) is 0 Å². The molecule has 0 spiro atoms. The minimum atomic E-state index is 0.371. The first-order valence-corrected chi connectivity index (χ1v) is 8.37. The van der Waals surface area contributed by atoms with Crippen LogP contribution in [0, 0.1) is 0 Å². The van der Waals surface area contributed by atoms with E-state index in [1.54, 1.807) is 6.07 Å². The van der Waals surface area contributed by atoms with E-state index in [4.69, 9.17) is 0 Å². The number of aromatic hydroxyl groups is 1. The lowest BCUT2D eigenvalue weighted by atomic mass is 10.0. The summed E-state index contributed by atoms with van der Waals surface area (Å²) in [7, 11) is 2.19. The Labute approximate surface area is 133 Å². The predicted molar refractivity (Wildman–Crippen MR) is 89.2 cm³/mol. The van der Waals surface area contributed by atoms with Crippen LogP contribution in [0.4, 0.5) is 0 Å². The highest BCUT2D eigenvalue weighted by Crippen LogP contribution is 2.25. The molecule has 0 amide bonds. The fourth-order valence-corrected chi connectivity index (χ4v) is 3.43. The van der Waals surface area contributed by atoms with Crippen LogP contribution in [-0.4, -0.2) is 85.8 Å². The maximum atomic E-state index is 9.85. The molecule has 5 nitrogen and oxygen atoms in total. The number of phenolic OH excluding ortho intramolecular Hbond substituents is 1. The van der Waals surface area contributed by atoms with E-state index < -0.39 is 0 Å². The first kappa shape index (κ1) is 15.7. The van der Waals surface area contributed by atoms with E-state index in [9.17, 15) is 5.11 Å². The van der Waals surface area contributed by atoms with Crippen LogP contribution < -0.4 is 5.32 Å². The van der Waals surface area contributed by atoms with Crippen molar-refractivity contribution in [1.29, 1.82) is 0 Å². The number of nitrogens with one attached hydrogen (secondary N) is 1. The first-order valence-electron chi connectivity index (χ1n) is 8.37. The maximum absolute atomic E-state index is 9.85. The third kappa shape index (κ3) is 3.98. The second-order valence-electron chi connectivity index (χ2n) is 6.50. The van der Waals surface area contributed by atoms with Gasteiger partial charge in [0.05, 0.1) is 0 Å². The molecule has 2 aliphatic heterocycles. The maximum Gasteiger partial charge on any atom is 0.115 e. The molecule has 122 valence electrons. The molecule has 2 aliphatic rings. The Hall–Kier alpha value is -1.14. The summed E-state index contributed by atoms with van der Waals surface area (Å²) < 4.78 is 0. The topological polar surface area (TPSA) is 42.0 Å². The Kier molecular flexibility index (Phi) is 5.31. The monoisotopic (exact) mass is 304 g/mol. The molecule has 0 saturated carbocycles. The van der Waals surface area contributed by atoms with Gasteiger partial charge in [0, 0.05) is 64.9 Å². The summed E-state index contributed by atoms with van der Waals surface area (Å²) in [6, 6.07) is 8.18. The average Bonchev–Trinajstić information content (AvgIpc) is 2.55. The molecule has 1 aromatic carbocycles. The Balaban J connectivity index is 1.73. The molecular weight excluding hydrogens is 276 g/mol. The minimum absolute atomic E-state index is 0.371. The van der Waals surface area contributed by atoms with Gasteiger partial charge in [0.2, 0.25) is 0 Å². The SMILES string of the molecule is CN1CCN(CC(c2cccc(O)c2)N2CCNCC2)CC1. The Morgan fingerprint density at radius 1 is 1.09 bits per heavy atom. The van der Waals surface area contributed by atoms with Crippen LogP contribution in [0.1, 0.15) is 11.6 Å². The molecule has 2 saturated heterocycles. The third-order valence-electron chi connectivity index (χ3n) is 4.87. The van der Waals surface area contributed by atoms with Crippen molar-refractivity contribution < 1.29 is 5.11 Å². The van der Waals surface area contributed by atoms with Gasteiger partial charge >= 0.3 is 0 Å². The Morgan fingerprint density at radius 3 is 2.50 bits per heavy atom. The predicted octanol–water partition coefficient (Wildman–Crippen LogP) is 0.586. The van der Waals surface area contributed by atoms with Crippen molar-refractivity contribution in [3.63, 3.8) is 0 Å². The molecule has 2 fully saturated rings. The lowest BCUT2D eigenvalue weighted by Gasteiger charge is -2.40. The first-order chi connectivity index (χ1) is 10.7. The van der Waals surface area contributed by atoms with Gasteiger partial charge < -0.3 is 15.3 Å². The highest BCUT2D eigenvalue weighted by Gasteiger charge is 2.26. The summed E-state index contributed by atoms with van der Waals surface area (Å²) in [5, 5.41) is 13.3. The third-order valence-corrected chi connectivity index (χ3v) is 4.87. The largest absolute Gasteiger partial charge is 0.508 e. The van der Waals surface area contributed by atoms with E-state index >= 15 is 0 Å². The van der Waals surface area contributed by atoms with Crippen LogP contribution in [0.25, 0.3) is 0 Å². The lowest BCUT2D eigenvalue weighted by molar-refractivity contribution is 0.0922. The van der Waals surface area contributed by atoms with Crippen molar-refractivity contribution in [2.24, 2.45) is 0 Å². The standard InChI is InChI=1S/C17H28N4O/c1-19-9-11-20(12-10-19)14-17(21-7-5-18-6-8-21)15-3-2-4-16(22)13-15/h2-4,13,17-18,22H,5-12,14H2,1H3. The number of benzene rings is 1. The number of phenols is 1. The molecule has 22 heavy (non-hydrogen) atoms. The van der Waals surface area contributed by atoms with Gasteiger partial charge in [-0.25, -0.2) is 0 Å². The normalized spacial score (nSPS) is 23.5. The number of hydrogen-bond acceptors (Lipinski definition) is 5. The van der Waals surface area contributed by atoms with Gasteiger partial charge in [0.15, 0.2) is 0 Å². The molecule has 2 N–H and O–H groups in total. The van der Waals surface area contributed by atoms with Crippen molar-refractivity contribution in [3.8, 4) is 5.75 Å². The van der Waals surface area contributed by atoms with Crippen molar-refractivity contribution in [1.82, 2.24) is 20.0 Å². The van der Waals surface area contributed by atoms with Crippen LogP contribution in [0.2, 0.25) is 0 Å². The molecular formula is C17H28N4O. The molecule has 0 aromatic heterocycles. The van der Waals surface area contributed by atoms with E-state index in [-0.39, 0.29) is 0 Å². The van der Waals surface area contributed by atoms with Crippen molar-refractivity contribution in [2.75, 3.05) is 66.0 Å². The molecule has 0 radical (unpaired) electrons. The van der Waals surface area contributed by atoms with Gasteiger partial charge in [-0.15, -0.1) is 0 Å². The summed E-state index contributed by atoms with van der Waals surface area (Å²) >= 11 is 0. The molecule has 2 heterocycles. The van der Waals surface area contributed by atoms with E-state index in [2.05, 4.69) is 33.1 Å². The summed E-state index contributed by atoms with van der Waals surface area (Å²) in [4.78, 5) is 7.52. The van der Waals surface area contributed by atoms with Crippen LogP contribution in [0.5, 0.6) is 5.75 Å². The number of nitrogens with zero attached hydrogens (tertiary/aromatic N) is 3. The molecule has 0 aliphatic carbocycles. The highest BCUT2D eigenvalue weighted by molar-refractivity contribution is 5.29.